The van der Waals surface area contributed by atoms with Gasteiger partial charge in [0.25, 0.3) is 0 Å². The Morgan fingerprint density at radius 1 is 1.33 bits per heavy atom. The number of aliphatic hydroxyl groups excluding tert-OH is 1. The van der Waals surface area contributed by atoms with E-state index in [2.05, 4.69) is 0 Å². The van der Waals surface area contributed by atoms with Gasteiger partial charge in [-0.05, 0) is 24.3 Å². The summed E-state index contributed by atoms with van der Waals surface area (Å²) in [7, 11) is 1.59. The fraction of sp³-hybridized carbons (Fsp3) is 0.462. The summed E-state index contributed by atoms with van der Waals surface area (Å²) in [5, 5.41) is 9.32. The van der Waals surface area contributed by atoms with Crippen molar-refractivity contribution in [3.8, 4) is 11.5 Å². The summed E-state index contributed by atoms with van der Waals surface area (Å²) < 4.78 is 15.7. The molecule has 5 heteroatoms. The highest BCUT2D eigenvalue weighted by molar-refractivity contribution is 5.72. The Morgan fingerprint density at radius 3 is 2.50 bits per heavy atom. The van der Waals surface area contributed by atoms with Gasteiger partial charge in [-0.25, -0.2) is 0 Å². The molecule has 18 heavy (non-hydrogen) atoms. The first-order chi connectivity index (χ1) is 8.67. The van der Waals surface area contributed by atoms with Crippen molar-refractivity contribution in [2.75, 3.05) is 20.3 Å². The first-order valence-corrected chi connectivity index (χ1v) is 5.77. The van der Waals surface area contributed by atoms with Crippen molar-refractivity contribution in [1.82, 2.24) is 0 Å². The molecule has 1 N–H and O–H groups in total. The van der Waals surface area contributed by atoms with Gasteiger partial charge in [-0.2, -0.15) is 0 Å². The van der Waals surface area contributed by atoms with Gasteiger partial charge in [0.2, 0.25) is 0 Å². The zero-order valence-electron chi connectivity index (χ0n) is 10.2. The zero-order valence-corrected chi connectivity index (χ0v) is 10.2. The van der Waals surface area contributed by atoms with Crippen LogP contribution in [0, 0.1) is 0 Å². The van der Waals surface area contributed by atoms with E-state index in [1.807, 2.05) is 0 Å². The summed E-state index contributed by atoms with van der Waals surface area (Å²) in [5.74, 6) is 1.10. The second kappa shape index (κ2) is 5.27. The lowest BCUT2D eigenvalue weighted by Crippen LogP contribution is -2.39. The number of benzene rings is 1. The fourth-order valence-electron chi connectivity index (χ4n) is 1.82. The summed E-state index contributed by atoms with van der Waals surface area (Å²) in [6, 6.07) is 7.09. The SMILES string of the molecule is COc1ccc(OC[C@@]2(CO)CCC(=O)O2)cc1. The van der Waals surface area contributed by atoms with Gasteiger partial charge < -0.3 is 19.3 Å². The molecule has 98 valence electrons. The second-order valence-electron chi connectivity index (χ2n) is 4.28. The van der Waals surface area contributed by atoms with Crippen molar-refractivity contribution in [3.05, 3.63) is 24.3 Å². The van der Waals surface area contributed by atoms with Crippen LogP contribution in [0.25, 0.3) is 0 Å². The van der Waals surface area contributed by atoms with Crippen LogP contribution >= 0.6 is 0 Å². The Balaban J connectivity index is 1.95. The zero-order chi connectivity index (χ0) is 13.0. The maximum absolute atomic E-state index is 11.1. The lowest BCUT2D eigenvalue weighted by Gasteiger charge is -2.25. The number of ether oxygens (including phenoxy) is 3. The second-order valence-corrected chi connectivity index (χ2v) is 4.28. The average Bonchev–Trinajstić information content (AvgIpc) is 2.79. The number of hydrogen-bond donors (Lipinski definition) is 1. The molecule has 5 nitrogen and oxygen atoms in total. The van der Waals surface area contributed by atoms with Crippen LogP contribution in [-0.4, -0.2) is 37.0 Å². The first kappa shape index (κ1) is 12.7. The van der Waals surface area contributed by atoms with E-state index < -0.39 is 5.60 Å². The van der Waals surface area contributed by atoms with E-state index in [0.717, 1.165) is 5.75 Å². The molecule has 0 aliphatic carbocycles. The predicted molar refractivity (Wildman–Crippen MR) is 63.6 cm³/mol. The lowest BCUT2D eigenvalue weighted by molar-refractivity contribution is -0.154. The Kier molecular flexibility index (Phi) is 3.72. The fourth-order valence-corrected chi connectivity index (χ4v) is 1.82. The van der Waals surface area contributed by atoms with Gasteiger partial charge >= 0.3 is 5.97 Å². The van der Waals surface area contributed by atoms with Crippen molar-refractivity contribution < 1.29 is 24.1 Å². The third-order valence-corrected chi connectivity index (χ3v) is 2.96. The van der Waals surface area contributed by atoms with Gasteiger partial charge in [0, 0.05) is 12.8 Å². The van der Waals surface area contributed by atoms with Crippen LogP contribution in [0.4, 0.5) is 0 Å². The molecule has 1 aromatic carbocycles. The van der Waals surface area contributed by atoms with Gasteiger partial charge in [-0.3, -0.25) is 4.79 Å². The monoisotopic (exact) mass is 252 g/mol. The number of carbonyl (C=O) groups excluding carboxylic acids is 1. The maximum Gasteiger partial charge on any atom is 0.306 e. The molecule has 0 amide bonds. The first-order valence-electron chi connectivity index (χ1n) is 5.77. The molecule has 0 spiro atoms. The molecular formula is C13H16O5. The van der Waals surface area contributed by atoms with Crippen LogP contribution in [0.1, 0.15) is 12.8 Å². The molecule has 1 aliphatic heterocycles. The summed E-state index contributed by atoms with van der Waals surface area (Å²) in [6.07, 6.45) is 0.811. The number of hydrogen-bond acceptors (Lipinski definition) is 5. The molecule has 1 aromatic rings. The third-order valence-electron chi connectivity index (χ3n) is 2.96. The highest BCUT2D eigenvalue weighted by atomic mass is 16.6. The van der Waals surface area contributed by atoms with Gasteiger partial charge in [0.15, 0.2) is 5.60 Å². The minimum Gasteiger partial charge on any atom is -0.497 e. The van der Waals surface area contributed by atoms with E-state index in [0.29, 0.717) is 18.6 Å². The van der Waals surface area contributed by atoms with Crippen LogP contribution in [-0.2, 0) is 9.53 Å². The largest absolute Gasteiger partial charge is 0.497 e. The Labute approximate surface area is 105 Å². The number of esters is 1. The molecule has 2 rings (SSSR count). The van der Waals surface area contributed by atoms with Crippen LogP contribution in [0.5, 0.6) is 11.5 Å². The van der Waals surface area contributed by atoms with E-state index in [4.69, 9.17) is 14.2 Å². The highest BCUT2D eigenvalue weighted by Crippen LogP contribution is 2.27. The summed E-state index contributed by atoms with van der Waals surface area (Å²) >= 11 is 0. The summed E-state index contributed by atoms with van der Waals surface area (Å²) in [4.78, 5) is 11.1. The Bertz CT molecular complexity index is 414. The van der Waals surface area contributed by atoms with Gasteiger partial charge in [-0.1, -0.05) is 0 Å². The summed E-state index contributed by atoms with van der Waals surface area (Å²) in [5.41, 5.74) is -0.892. The molecule has 1 aliphatic rings. The van der Waals surface area contributed by atoms with Crippen molar-refractivity contribution in [2.45, 2.75) is 18.4 Å². The number of methoxy groups -OCH3 is 1. The van der Waals surface area contributed by atoms with E-state index >= 15 is 0 Å². The van der Waals surface area contributed by atoms with Gasteiger partial charge in [-0.15, -0.1) is 0 Å². The minimum absolute atomic E-state index is 0.154. The van der Waals surface area contributed by atoms with E-state index in [1.165, 1.54) is 0 Å². The van der Waals surface area contributed by atoms with Crippen molar-refractivity contribution in [3.63, 3.8) is 0 Å². The molecule has 1 saturated heterocycles. The lowest BCUT2D eigenvalue weighted by atomic mass is 10.0. The molecule has 0 aromatic heterocycles. The molecule has 0 saturated carbocycles. The van der Waals surface area contributed by atoms with E-state index in [9.17, 15) is 9.90 Å². The predicted octanol–water partition coefficient (Wildman–Crippen LogP) is 1.14. The number of cyclic esters (lactones) is 1. The van der Waals surface area contributed by atoms with Gasteiger partial charge in [0.1, 0.15) is 18.1 Å². The molecule has 0 radical (unpaired) electrons. The molecular weight excluding hydrogens is 236 g/mol. The van der Waals surface area contributed by atoms with Crippen molar-refractivity contribution in [1.29, 1.82) is 0 Å². The minimum atomic E-state index is -0.892. The summed E-state index contributed by atoms with van der Waals surface area (Å²) in [6.45, 7) is -0.0730. The number of rotatable bonds is 5. The normalized spacial score (nSPS) is 22.7. The maximum atomic E-state index is 11.1. The smallest absolute Gasteiger partial charge is 0.306 e. The Hall–Kier alpha value is -1.75. The number of aliphatic hydroxyl groups is 1. The topological polar surface area (TPSA) is 65.0 Å². The molecule has 1 atom stereocenters. The average molecular weight is 252 g/mol. The Morgan fingerprint density at radius 2 is 2.00 bits per heavy atom. The third kappa shape index (κ3) is 2.73. The van der Waals surface area contributed by atoms with Crippen LogP contribution in [0.2, 0.25) is 0 Å². The number of carbonyl (C=O) groups is 1. The van der Waals surface area contributed by atoms with E-state index in [-0.39, 0.29) is 19.2 Å². The van der Waals surface area contributed by atoms with Crippen LogP contribution in [0.3, 0.4) is 0 Å². The molecule has 0 bridgehead atoms. The highest BCUT2D eigenvalue weighted by Gasteiger charge is 2.40. The van der Waals surface area contributed by atoms with Gasteiger partial charge in [0.05, 0.1) is 13.7 Å². The van der Waals surface area contributed by atoms with Crippen molar-refractivity contribution >= 4 is 5.97 Å². The standard InChI is InChI=1S/C13H16O5/c1-16-10-2-4-11(5-3-10)17-9-13(8-14)7-6-12(15)18-13/h2-5,14H,6-9H2,1H3/t13-/m0/s1. The van der Waals surface area contributed by atoms with E-state index in [1.54, 1.807) is 31.4 Å². The van der Waals surface area contributed by atoms with Crippen LogP contribution < -0.4 is 9.47 Å². The molecule has 0 unspecified atom stereocenters. The van der Waals surface area contributed by atoms with Crippen LogP contribution in [0.15, 0.2) is 24.3 Å². The molecule has 1 heterocycles. The molecule has 1 fully saturated rings. The van der Waals surface area contributed by atoms with Crippen molar-refractivity contribution in [2.24, 2.45) is 0 Å². The quantitative estimate of drug-likeness (QED) is 0.796.